The predicted molar refractivity (Wildman–Crippen MR) is 138 cm³/mol. The first-order chi connectivity index (χ1) is 14.2. The van der Waals surface area contributed by atoms with Crippen LogP contribution in [0.1, 0.15) is 24.5 Å². The number of rotatable bonds is 10. The Morgan fingerprint density at radius 2 is 1.52 bits per heavy atom. The van der Waals surface area contributed by atoms with Crippen LogP contribution < -0.4 is 9.47 Å². The number of benzene rings is 2. The summed E-state index contributed by atoms with van der Waals surface area (Å²) in [7, 11) is 1.68. The average molecular weight is 534 g/mol. The number of hydrogen-bond donors (Lipinski definition) is 0. The summed E-state index contributed by atoms with van der Waals surface area (Å²) < 4.78 is 12.2. The highest BCUT2D eigenvalue weighted by Crippen LogP contribution is 2.36. The summed E-state index contributed by atoms with van der Waals surface area (Å²) in [5.41, 5.74) is 2.73. The molecule has 0 atom stereocenters. The van der Waals surface area contributed by atoms with Gasteiger partial charge >= 0.3 is 0 Å². The molecule has 4 nitrogen and oxygen atoms in total. The van der Waals surface area contributed by atoms with Crippen molar-refractivity contribution in [3.05, 3.63) is 58.1 Å². The predicted octanol–water partition coefficient (Wildman–Crippen LogP) is 5.49. The van der Waals surface area contributed by atoms with Gasteiger partial charge in [-0.2, -0.15) is 0 Å². The van der Waals surface area contributed by atoms with Crippen molar-refractivity contribution in [2.24, 2.45) is 0 Å². The molecule has 0 unspecified atom stereocenters. The molecule has 1 saturated heterocycles. The quantitative estimate of drug-likeness (QED) is 0.403. The number of piperazine rings is 1. The van der Waals surface area contributed by atoms with Crippen molar-refractivity contribution in [1.29, 1.82) is 0 Å². The third-order valence-electron chi connectivity index (χ3n) is 5.54. The number of hydrogen-bond acceptors (Lipinski definition) is 4. The van der Waals surface area contributed by atoms with Gasteiger partial charge in [0.25, 0.3) is 0 Å². The minimum absolute atomic E-state index is 0. The van der Waals surface area contributed by atoms with Gasteiger partial charge in [-0.25, -0.2) is 0 Å². The van der Waals surface area contributed by atoms with Crippen molar-refractivity contribution in [3.8, 4) is 11.5 Å². The fraction of sp³-hybridized carbons (Fsp3) is 0.500. The van der Waals surface area contributed by atoms with E-state index in [1.807, 2.05) is 6.92 Å². The van der Waals surface area contributed by atoms with E-state index in [0.717, 1.165) is 42.0 Å². The van der Waals surface area contributed by atoms with Crippen LogP contribution in [0.4, 0.5) is 0 Å². The Hall–Kier alpha value is -0.980. The summed E-state index contributed by atoms with van der Waals surface area (Å²) >= 11 is 3.62. The summed E-state index contributed by atoms with van der Waals surface area (Å²) in [6.07, 6.45) is 3.44. The molecule has 0 aromatic heterocycles. The van der Waals surface area contributed by atoms with Crippen molar-refractivity contribution in [2.45, 2.75) is 26.2 Å². The summed E-state index contributed by atoms with van der Waals surface area (Å²) in [5, 5.41) is 0. The summed E-state index contributed by atoms with van der Waals surface area (Å²) in [6, 6.07) is 15.1. The van der Waals surface area contributed by atoms with Gasteiger partial charge in [0.1, 0.15) is 0 Å². The van der Waals surface area contributed by atoms with Crippen molar-refractivity contribution >= 4 is 40.7 Å². The first kappa shape index (κ1) is 28.1. The molecule has 0 bridgehead atoms. The Labute approximate surface area is 208 Å². The van der Waals surface area contributed by atoms with Crippen LogP contribution in [0.25, 0.3) is 0 Å². The Morgan fingerprint density at radius 3 is 2.13 bits per heavy atom. The summed E-state index contributed by atoms with van der Waals surface area (Å²) in [6.45, 7) is 9.57. The topological polar surface area (TPSA) is 24.9 Å². The SMILES string of the molecule is CCOc1cc(CCN2CCN(CCCc3ccccc3)CC2)cc(Br)c1OC.Cl.Cl. The van der Waals surface area contributed by atoms with Crippen LogP contribution in [0.15, 0.2) is 46.9 Å². The molecule has 1 heterocycles. The van der Waals surface area contributed by atoms with Crippen LogP contribution in [0.3, 0.4) is 0 Å². The Kier molecular flexibility index (Phi) is 13.5. The lowest BCUT2D eigenvalue weighted by Gasteiger charge is -2.34. The lowest BCUT2D eigenvalue weighted by atomic mass is 10.1. The lowest BCUT2D eigenvalue weighted by Crippen LogP contribution is -2.47. The first-order valence-electron chi connectivity index (χ1n) is 10.7. The summed E-state index contributed by atoms with van der Waals surface area (Å²) in [4.78, 5) is 5.18. The first-order valence-corrected chi connectivity index (χ1v) is 11.5. The molecule has 31 heavy (non-hydrogen) atoms. The van der Waals surface area contributed by atoms with E-state index in [1.165, 1.54) is 43.6 Å². The molecule has 0 N–H and O–H groups in total. The van der Waals surface area contributed by atoms with E-state index in [0.29, 0.717) is 6.61 Å². The van der Waals surface area contributed by atoms with Crippen LogP contribution in [0, 0.1) is 0 Å². The van der Waals surface area contributed by atoms with Crippen molar-refractivity contribution in [2.75, 3.05) is 53.0 Å². The molecule has 7 heteroatoms. The summed E-state index contributed by atoms with van der Waals surface area (Å²) in [5.74, 6) is 1.60. The number of aryl methyl sites for hydroxylation is 1. The molecule has 3 rings (SSSR count). The van der Waals surface area contributed by atoms with Gasteiger partial charge in [-0.1, -0.05) is 30.3 Å². The van der Waals surface area contributed by atoms with Crippen LogP contribution in [0.5, 0.6) is 11.5 Å². The lowest BCUT2D eigenvalue weighted by molar-refractivity contribution is 0.132. The van der Waals surface area contributed by atoms with E-state index in [1.54, 1.807) is 7.11 Å². The van der Waals surface area contributed by atoms with E-state index in [9.17, 15) is 0 Å². The maximum absolute atomic E-state index is 5.75. The maximum Gasteiger partial charge on any atom is 0.174 e. The van der Waals surface area contributed by atoms with Crippen LogP contribution in [-0.2, 0) is 12.8 Å². The molecule has 1 fully saturated rings. The maximum atomic E-state index is 5.75. The molecule has 0 spiro atoms. The van der Waals surface area contributed by atoms with E-state index in [4.69, 9.17) is 9.47 Å². The van der Waals surface area contributed by atoms with Gasteiger partial charge in [0, 0.05) is 32.7 Å². The Balaban J connectivity index is 0.00000240. The van der Waals surface area contributed by atoms with Crippen molar-refractivity contribution < 1.29 is 9.47 Å². The fourth-order valence-electron chi connectivity index (χ4n) is 3.90. The van der Waals surface area contributed by atoms with Gasteiger partial charge in [-0.05, 0) is 71.9 Å². The smallest absolute Gasteiger partial charge is 0.174 e. The second-order valence-corrected chi connectivity index (χ2v) is 8.42. The van der Waals surface area contributed by atoms with Gasteiger partial charge in [0.2, 0.25) is 0 Å². The fourth-order valence-corrected chi connectivity index (χ4v) is 4.55. The molecule has 2 aromatic rings. The molecule has 2 aromatic carbocycles. The zero-order valence-corrected chi connectivity index (χ0v) is 21.7. The van der Waals surface area contributed by atoms with E-state index in [-0.39, 0.29) is 24.8 Å². The van der Waals surface area contributed by atoms with Gasteiger partial charge in [-0.3, -0.25) is 0 Å². The third-order valence-corrected chi connectivity index (χ3v) is 6.13. The monoisotopic (exact) mass is 532 g/mol. The second-order valence-electron chi connectivity index (χ2n) is 7.56. The Bertz CT molecular complexity index is 757. The zero-order valence-electron chi connectivity index (χ0n) is 18.5. The highest BCUT2D eigenvalue weighted by atomic mass is 79.9. The molecule has 174 valence electrons. The minimum Gasteiger partial charge on any atom is -0.492 e. The molecule has 0 aliphatic carbocycles. The largest absolute Gasteiger partial charge is 0.492 e. The molecule has 0 amide bonds. The van der Waals surface area contributed by atoms with Gasteiger partial charge in [-0.15, -0.1) is 24.8 Å². The van der Waals surface area contributed by atoms with Crippen molar-refractivity contribution in [1.82, 2.24) is 9.80 Å². The van der Waals surface area contributed by atoms with Gasteiger partial charge in [0.05, 0.1) is 18.2 Å². The average Bonchev–Trinajstić information content (AvgIpc) is 2.74. The standard InChI is InChI=1S/C24H33BrN2O2.2ClH/c1-3-29-23-19-21(18-22(25)24(23)28-2)11-13-27-16-14-26(15-17-27)12-7-10-20-8-5-4-6-9-20;;/h4-6,8-9,18-19H,3,7,10-17H2,1-2H3;2*1H. The van der Waals surface area contributed by atoms with Crippen LogP contribution >= 0.6 is 40.7 Å². The van der Waals surface area contributed by atoms with Gasteiger partial charge < -0.3 is 19.3 Å². The molecule has 0 saturated carbocycles. The van der Waals surface area contributed by atoms with Crippen molar-refractivity contribution in [3.63, 3.8) is 0 Å². The normalized spacial score (nSPS) is 14.4. The van der Waals surface area contributed by atoms with Gasteiger partial charge in [0.15, 0.2) is 11.5 Å². The minimum atomic E-state index is 0. The number of halogens is 3. The third kappa shape index (κ3) is 8.82. The van der Waals surface area contributed by atoms with E-state index < -0.39 is 0 Å². The van der Waals surface area contributed by atoms with Crippen LogP contribution in [-0.4, -0.2) is 62.8 Å². The van der Waals surface area contributed by atoms with E-state index in [2.05, 4.69) is 68.2 Å². The molecular weight excluding hydrogens is 499 g/mol. The molecule has 1 aliphatic heterocycles. The number of nitrogens with zero attached hydrogens (tertiary/aromatic N) is 2. The highest BCUT2D eigenvalue weighted by Gasteiger charge is 2.17. The molecule has 1 aliphatic rings. The van der Waals surface area contributed by atoms with E-state index >= 15 is 0 Å². The highest BCUT2D eigenvalue weighted by molar-refractivity contribution is 9.10. The number of methoxy groups -OCH3 is 1. The molecular formula is C24H35BrCl2N2O2. The molecule has 0 radical (unpaired) electrons. The second kappa shape index (κ2) is 15.0. The Morgan fingerprint density at radius 1 is 0.871 bits per heavy atom. The van der Waals surface area contributed by atoms with Crippen LogP contribution in [0.2, 0.25) is 0 Å². The zero-order chi connectivity index (χ0) is 20.5. The number of ether oxygens (including phenoxy) is 2.